The maximum absolute atomic E-state index is 12.1. The summed E-state index contributed by atoms with van der Waals surface area (Å²) in [6, 6.07) is 3.74. The monoisotopic (exact) mass is 263 g/mol. The zero-order chi connectivity index (χ0) is 13.8. The lowest BCUT2D eigenvalue weighted by Gasteiger charge is -2.28. The van der Waals surface area contributed by atoms with Gasteiger partial charge in [-0.15, -0.1) is 0 Å². The van der Waals surface area contributed by atoms with Crippen LogP contribution >= 0.6 is 0 Å². The Morgan fingerprint density at radius 3 is 2.58 bits per heavy atom. The Morgan fingerprint density at radius 2 is 1.95 bits per heavy atom. The highest BCUT2D eigenvalue weighted by Gasteiger charge is 2.17. The molecule has 1 heterocycles. The number of amides is 2. The van der Waals surface area contributed by atoms with Crippen LogP contribution in [-0.4, -0.2) is 44.2 Å². The van der Waals surface area contributed by atoms with Crippen LogP contribution in [-0.2, 0) is 0 Å². The van der Waals surface area contributed by atoms with Crippen molar-refractivity contribution in [1.29, 1.82) is 0 Å². The number of urea groups is 1. The van der Waals surface area contributed by atoms with Crippen LogP contribution in [0.25, 0.3) is 0 Å². The number of rotatable bonds is 2. The van der Waals surface area contributed by atoms with E-state index in [0.717, 1.165) is 48.7 Å². The molecule has 0 atom stereocenters. The Hall–Kier alpha value is -1.75. The van der Waals surface area contributed by atoms with E-state index in [1.165, 1.54) is 0 Å². The largest absolute Gasteiger partial charge is 0.496 e. The number of nitrogens with zero attached hydrogens (tertiary/aromatic N) is 1. The molecule has 2 rings (SSSR count). The topological polar surface area (TPSA) is 53.6 Å². The lowest BCUT2D eigenvalue weighted by molar-refractivity contribution is 0.204. The molecule has 0 unspecified atom stereocenters. The highest BCUT2D eigenvalue weighted by atomic mass is 16.5. The van der Waals surface area contributed by atoms with Crippen molar-refractivity contribution in [3.63, 3.8) is 0 Å². The maximum Gasteiger partial charge on any atom is 0.321 e. The fraction of sp³-hybridized carbons (Fsp3) is 0.500. The van der Waals surface area contributed by atoms with Crippen molar-refractivity contribution in [2.45, 2.75) is 13.8 Å². The minimum atomic E-state index is -0.0332. The summed E-state index contributed by atoms with van der Waals surface area (Å²) in [6.45, 7) is 7.20. The SMILES string of the molecule is COc1ccc(NC(=O)N2CCNCC2)c(C)c1C. The van der Waals surface area contributed by atoms with Gasteiger partial charge in [0.25, 0.3) is 0 Å². The number of ether oxygens (including phenoxy) is 1. The van der Waals surface area contributed by atoms with E-state index >= 15 is 0 Å². The molecule has 0 bridgehead atoms. The average Bonchev–Trinajstić information content (AvgIpc) is 2.45. The number of hydrogen-bond donors (Lipinski definition) is 2. The van der Waals surface area contributed by atoms with Crippen LogP contribution in [0.2, 0.25) is 0 Å². The summed E-state index contributed by atoms with van der Waals surface area (Å²) in [4.78, 5) is 14.0. The number of carbonyl (C=O) groups is 1. The third-order valence-electron chi connectivity index (χ3n) is 3.60. The molecule has 1 fully saturated rings. The first kappa shape index (κ1) is 13.7. The van der Waals surface area contributed by atoms with Gasteiger partial charge in [-0.2, -0.15) is 0 Å². The lowest BCUT2D eigenvalue weighted by atomic mass is 10.1. The number of carbonyl (C=O) groups excluding carboxylic acids is 1. The first-order chi connectivity index (χ1) is 9.13. The van der Waals surface area contributed by atoms with Gasteiger partial charge in [0.15, 0.2) is 0 Å². The summed E-state index contributed by atoms with van der Waals surface area (Å²) in [5.74, 6) is 0.845. The minimum absolute atomic E-state index is 0.0332. The molecule has 0 saturated carbocycles. The number of anilines is 1. The van der Waals surface area contributed by atoms with E-state index in [1.807, 2.05) is 30.9 Å². The number of piperazine rings is 1. The Kier molecular flexibility index (Phi) is 4.27. The summed E-state index contributed by atoms with van der Waals surface area (Å²) in [7, 11) is 1.65. The molecule has 1 saturated heterocycles. The molecule has 5 heteroatoms. The molecule has 2 amide bonds. The predicted molar refractivity (Wildman–Crippen MR) is 75.9 cm³/mol. The van der Waals surface area contributed by atoms with Gasteiger partial charge in [0.1, 0.15) is 5.75 Å². The Bertz CT molecular complexity index is 468. The van der Waals surface area contributed by atoms with Crippen molar-refractivity contribution < 1.29 is 9.53 Å². The van der Waals surface area contributed by atoms with Gasteiger partial charge in [-0.05, 0) is 37.1 Å². The molecule has 104 valence electrons. The molecule has 1 aromatic rings. The predicted octanol–water partition coefficient (Wildman–Crippen LogP) is 1.75. The number of hydrogen-bond acceptors (Lipinski definition) is 3. The molecule has 0 aromatic heterocycles. The van der Waals surface area contributed by atoms with Crippen molar-refractivity contribution in [1.82, 2.24) is 10.2 Å². The Balaban J connectivity index is 2.10. The quantitative estimate of drug-likeness (QED) is 0.854. The molecule has 1 aliphatic rings. The highest BCUT2D eigenvalue weighted by molar-refractivity contribution is 5.90. The van der Waals surface area contributed by atoms with E-state index in [2.05, 4.69) is 10.6 Å². The van der Waals surface area contributed by atoms with Gasteiger partial charge in [-0.25, -0.2) is 4.79 Å². The molecular formula is C14H21N3O2. The highest BCUT2D eigenvalue weighted by Crippen LogP contribution is 2.27. The van der Waals surface area contributed by atoms with Gasteiger partial charge >= 0.3 is 6.03 Å². The fourth-order valence-corrected chi connectivity index (χ4v) is 2.21. The van der Waals surface area contributed by atoms with E-state index in [-0.39, 0.29) is 6.03 Å². The fourth-order valence-electron chi connectivity index (χ4n) is 2.21. The maximum atomic E-state index is 12.1. The average molecular weight is 263 g/mol. The molecule has 1 aliphatic heterocycles. The van der Waals surface area contributed by atoms with Gasteiger partial charge in [-0.1, -0.05) is 0 Å². The van der Waals surface area contributed by atoms with Crippen LogP contribution in [0.5, 0.6) is 5.75 Å². The summed E-state index contributed by atoms with van der Waals surface area (Å²) in [5, 5.41) is 6.21. The van der Waals surface area contributed by atoms with E-state index in [4.69, 9.17) is 4.74 Å². The summed E-state index contributed by atoms with van der Waals surface area (Å²) in [6.07, 6.45) is 0. The third-order valence-corrected chi connectivity index (χ3v) is 3.60. The minimum Gasteiger partial charge on any atom is -0.496 e. The van der Waals surface area contributed by atoms with Crippen molar-refractivity contribution >= 4 is 11.7 Å². The van der Waals surface area contributed by atoms with E-state index in [9.17, 15) is 4.79 Å². The molecule has 5 nitrogen and oxygen atoms in total. The van der Waals surface area contributed by atoms with Gasteiger partial charge in [0.05, 0.1) is 7.11 Å². The molecular weight excluding hydrogens is 242 g/mol. The first-order valence-electron chi connectivity index (χ1n) is 6.54. The first-order valence-corrected chi connectivity index (χ1v) is 6.54. The summed E-state index contributed by atoms with van der Waals surface area (Å²) >= 11 is 0. The molecule has 0 spiro atoms. The van der Waals surface area contributed by atoms with Crippen molar-refractivity contribution in [2.24, 2.45) is 0 Å². The lowest BCUT2D eigenvalue weighted by Crippen LogP contribution is -2.48. The van der Waals surface area contributed by atoms with Gasteiger partial charge in [0.2, 0.25) is 0 Å². The molecule has 1 aromatic carbocycles. The number of benzene rings is 1. The van der Waals surface area contributed by atoms with Gasteiger partial charge < -0.3 is 20.3 Å². The van der Waals surface area contributed by atoms with E-state index in [1.54, 1.807) is 7.11 Å². The molecule has 2 N–H and O–H groups in total. The van der Waals surface area contributed by atoms with Crippen molar-refractivity contribution in [2.75, 3.05) is 38.6 Å². The third kappa shape index (κ3) is 2.98. The van der Waals surface area contributed by atoms with Crippen molar-refractivity contribution in [3.05, 3.63) is 23.3 Å². The summed E-state index contributed by atoms with van der Waals surface area (Å²) < 4.78 is 5.27. The normalized spacial score (nSPS) is 15.2. The van der Waals surface area contributed by atoms with Crippen LogP contribution < -0.4 is 15.4 Å². The van der Waals surface area contributed by atoms with E-state index < -0.39 is 0 Å². The van der Waals surface area contributed by atoms with Crippen molar-refractivity contribution in [3.8, 4) is 5.75 Å². The van der Waals surface area contributed by atoms with Crippen LogP contribution in [0.1, 0.15) is 11.1 Å². The second-order valence-electron chi connectivity index (χ2n) is 4.73. The second kappa shape index (κ2) is 5.93. The van der Waals surface area contributed by atoms with Gasteiger partial charge in [0, 0.05) is 31.9 Å². The molecule has 0 aliphatic carbocycles. The zero-order valence-corrected chi connectivity index (χ0v) is 11.7. The Labute approximate surface area is 113 Å². The second-order valence-corrected chi connectivity index (χ2v) is 4.73. The van der Waals surface area contributed by atoms with Crippen LogP contribution in [0.4, 0.5) is 10.5 Å². The Morgan fingerprint density at radius 1 is 1.26 bits per heavy atom. The van der Waals surface area contributed by atoms with Gasteiger partial charge in [-0.3, -0.25) is 0 Å². The number of methoxy groups -OCH3 is 1. The standard InChI is InChI=1S/C14H21N3O2/c1-10-11(2)13(19-3)5-4-12(10)16-14(18)17-8-6-15-7-9-17/h4-5,15H,6-9H2,1-3H3,(H,16,18). The molecule has 19 heavy (non-hydrogen) atoms. The molecule has 0 radical (unpaired) electrons. The van der Waals surface area contributed by atoms with E-state index in [0.29, 0.717) is 0 Å². The summed E-state index contributed by atoms with van der Waals surface area (Å²) in [5.41, 5.74) is 2.95. The van der Waals surface area contributed by atoms with Crippen LogP contribution in [0, 0.1) is 13.8 Å². The zero-order valence-electron chi connectivity index (χ0n) is 11.7. The van der Waals surface area contributed by atoms with Crippen LogP contribution in [0.15, 0.2) is 12.1 Å². The van der Waals surface area contributed by atoms with Crippen LogP contribution in [0.3, 0.4) is 0 Å². The smallest absolute Gasteiger partial charge is 0.321 e. The number of nitrogens with one attached hydrogen (secondary N) is 2.